The topological polar surface area (TPSA) is 398 Å². The SMILES string of the molecule is C#CCCCON(C(=O)[C@@H](NC(=O)[C@H]1CCCCN1C)[C@@H](C)CC)[C@H](C[C@@H](OC(C)=O)c1nc(C(=O)N[C@@H](Cc2ccc(NC(=O)OCc3ccc(CC(=O)[C@H](CCCNC(N)=O)NC(=O)[C@@H](CC(=O)CCOCCOCCOCCOCCCC(=O)CCC(=O)N4Cc5ccccc5C#Cc5ccccc54)C(C)C)cc3)cc2)CC(C)(C)C(=O)O)cs1)C(C)C. The minimum Gasteiger partial charge on any atom is -0.481 e. The van der Waals surface area contributed by atoms with E-state index in [1.54, 1.807) is 67.3 Å². The molecular formula is C95H128N10O20S. The van der Waals surface area contributed by atoms with Crippen LogP contribution in [-0.4, -0.2) is 201 Å². The number of nitrogens with one attached hydrogen (secondary N) is 5. The maximum absolute atomic E-state index is 15.0. The van der Waals surface area contributed by atoms with E-state index in [0.717, 1.165) is 53.1 Å². The zero-order chi connectivity index (χ0) is 91.7. The van der Waals surface area contributed by atoms with Crippen LogP contribution in [0.15, 0.2) is 102 Å². The lowest BCUT2D eigenvalue weighted by atomic mass is 9.84. The zero-order valence-corrected chi connectivity index (χ0v) is 75.4. The number of fused-ring (bicyclic) bond motifs is 2. The predicted molar refractivity (Wildman–Crippen MR) is 477 cm³/mol. The van der Waals surface area contributed by atoms with E-state index in [1.807, 2.05) is 102 Å². The summed E-state index contributed by atoms with van der Waals surface area (Å²) in [6.45, 7) is 19.1. The van der Waals surface area contributed by atoms with Crippen molar-refractivity contribution in [2.24, 2.45) is 34.8 Å². The van der Waals surface area contributed by atoms with Crippen molar-refractivity contribution < 1.29 is 95.9 Å². The average Bonchev–Trinajstić information content (AvgIpc) is 0.893. The highest BCUT2D eigenvalue weighted by molar-refractivity contribution is 7.09. The van der Waals surface area contributed by atoms with Gasteiger partial charge in [-0.15, -0.1) is 23.7 Å². The van der Waals surface area contributed by atoms with Crippen molar-refractivity contribution >= 4 is 93.7 Å². The first-order valence-corrected chi connectivity index (χ1v) is 44.6. The van der Waals surface area contributed by atoms with Crippen LogP contribution in [0.2, 0.25) is 0 Å². The second kappa shape index (κ2) is 53.6. The third-order valence-electron chi connectivity index (χ3n) is 22.2. The number of ketones is 3. The van der Waals surface area contributed by atoms with Crippen molar-refractivity contribution in [1.29, 1.82) is 0 Å². The number of rotatable bonds is 56. The molecule has 8 N–H and O–H groups in total. The molecule has 2 aliphatic rings. The van der Waals surface area contributed by atoms with Gasteiger partial charge in [-0.05, 0) is 149 Å². The van der Waals surface area contributed by atoms with E-state index < -0.39 is 89.4 Å². The molecule has 1 saturated heterocycles. The Labute approximate surface area is 744 Å². The number of hydroxylamine groups is 2. The van der Waals surface area contributed by atoms with E-state index in [4.69, 9.17) is 45.4 Å². The summed E-state index contributed by atoms with van der Waals surface area (Å²) < 4.78 is 34.0. The number of aliphatic carboxylic acids is 1. The number of carboxylic acid groups (broad SMARTS) is 1. The number of carbonyl (C=O) groups is 12. The Hall–Kier alpha value is -10.8. The number of nitrogens with two attached hydrogens (primary N) is 1. The van der Waals surface area contributed by atoms with Crippen molar-refractivity contribution in [1.82, 2.24) is 36.2 Å². The molecule has 7 rings (SSSR count). The second-order valence-corrected chi connectivity index (χ2v) is 34.2. The molecule has 0 bridgehead atoms. The number of esters is 1. The van der Waals surface area contributed by atoms with Crippen LogP contribution < -0.4 is 37.2 Å². The summed E-state index contributed by atoms with van der Waals surface area (Å²) in [7, 11) is 1.90. The molecule has 684 valence electrons. The molecule has 0 saturated carbocycles. The lowest BCUT2D eigenvalue weighted by Crippen LogP contribution is -2.58. The second-order valence-electron chi connectivity index (χ2n) is 33.3. The number of amides is 8. The number of carbonyl (C=O) groups excluding carboxylic acids is 11. The Bertz CT molecular complexity index is 4520. The number of primary amides is 1. The molecule has 8 amide bonds. The first-order valence-electron chi connectivity index (χ1n) is 43.7. The maximum atomic E-state index is 15.0. The van der Waals surface area contributed by atoms with Gasteiger partial charge in [0, 0.05) is 106 Å². The Kier molecular flexibility index (Phi) is 43.6. The monoisotopic (exact) mass is 1760 g/mol. The van der Waals surface area contributed by atoms with E-state index in [9.17, 15) is 62.6 Å². The Balaban J connectivity index is 0.821. The summed E-state index contributed by atoms with van der Waals surface area (Å²) in [5, 5.41) is 27.5. The van der Waals surface area contributed by atoms with E-state index >= 15 is 0 Å². The van der Waals surface area contributed by atoms with Gasteiger partial charge in [0.2, 0.25) is 17.7 Å². The summed E-state index contributed by atoms with van der Waals surface area (Å²) >= 11 is 1.07. The summed E-state index contributed by atoms with van der Waals surface area (Å²) in [4.78, 5) is 175. The molecule has 5 aromatic rings. The number of urea groups is 1. The van der Waals surface area contributed by atoms with Crippen molar-refractivity contribution in [2.75, 3.05) is 89.8 Å². The number of terminal acetylenes is 1. The number of Topliss-reactive ketones (excluding diaryl/α,β-unsaturated/α-hetero) is 3. The molecule has 2 aliphatic heterocycles. The molecule has 126 heavy (non-hydrogen) atoms. The largest absolute Gasteiger partial charge is 0.481 e. The Morgan fingerprint density at radius 1 is 0.730 bits per heavy atom. The van der Waals surface area contributed by atoms with Crippen LogP contribution in [0.3, 0.4) is 0 Å². The number of para-hydroxylation sites is 1. The van der Waals surface area contributed by atoms with E-state index in [1.165, 1.54) is 17.4 Å². The summed E-state index contributed by atoms with van der Waals surface area (Å²) in [6, 6.07) is 24.2. The summed E-state index contributed by atoms with van der Waals surface area (Å²) in [5.41, 5.74) is 9.54. The van der Waals surface area contributed by atoms with Crippen LogP contribution in [0.1, 0.15) is 220 Å². The van der Waals surface area contributed by atoms with Crippen molar-refractivity contribution in [3.63, 3.8) is 0 Å². The van der Waals surface area contributed by atoms with Gasteiger partial charge < -0.3 is 65.4 Å². The van der Waals surface area contributed by atoms with E-state index in [2.05, 4.69) is 49.3 Å². The molecular weight excluding hydrogens is 1630 g/mol. The number of likely N-dealkylation sites (tertiary alicyclic amines) is 1. The zero-order valence-electron chi connectivity index (χ0n) is 74.6. The molecule has 31 heteroatoms. The number of ether oxygens (including phenoxy) is 6. The standard InChI is InChI=1S/C95H128N10O20S/c1-12-14-21-47-124-105(91(114)86(65(7)13-2)102-89(113)81-30-19-20-45-103(81)11)82(64(5)6)58-84(125-66(8)106)90-101-79(62-126-90)88(112)98-74(59-95(9,10)92(115)116)55-67-35-39-73(40-36-67)99-94(118)123-61-69-33-31-68(32-34-69)56-83(109)78(28-22-44-97-93(96)117)100-87(111)77(63(3)4)57-76(108)43-48-120-50-52-122-54-53-121-51-49-119-46-23-27-75(107)41-42-85(110)104-60-72-26-16-15-24-70(72)37-38-71-25-17-18-29-80(71)104/h1,15-18,24-26,29,31-36,39-40,62-65,74,77-78,81-82,84,86H,13-14,19-23,27-28,30,41-61H2,2-11H3,(H,98,112)(H,99,118)(H,100,111)(H,102,113)(H,115,116)(H3,96,97,117)/t65-,74-,77-,78-,81+,82+,84+,86-/m0/s1. The van der Waals surface area contributed by atoms with Crippen LogP contribution in [0.5, 0.6) is 0 Å². The highest BCUT2D eigenvalue weighted by Gasteiger charge is 2.41. The summed E-state index contributed by atoms with van der Waals surface area (Å²) in [6.07, 6.45) is 9.18. The fraction of sp³-hybridized carbons (Fsp3) is 0.547. The molecule has 0 unspecified atom stereocenters. The van der Waals surface area contributed by atoms with Gasteiger partial charge >= 0.3 is 24.1 Å². The highest BCUT2D eigenvalue weighted by Crippen LogP contribution is 2.34. The van der Waals surface area contributed by atoms with Crippen LogP contribution in [0.25, 0.3) is 0 Å². The predicted octanol–water partition coefficient (Wildman–Crippen LogP) is 11.8. The maximum Gasteiger partial charge on any atom is 0.411 e. The van der Waals surface area contributed by atoms with Gasteiger partial charge in [0.15, 0.2) is 11.9 Å². The van der Waals surface area contributed by atoms with Crippen LogP contribution in [0.4, 0.5) is 21.0 Å². The van der Waals surface area contributed by atoms with Gasteiger partial charge in [-0.2, -0.15) is 0 Å². The third-order valence-corrected chi connectivity index (χ3v) is 23.1. The lowest BCUT2D eigenvalue weighted by Gasteiger charge is -2.39. The molecule has 30 nitrogen and oxygen atoms in total. The Morgan fingerprint density at radius 3 is 2.03 bits per heavy atom. The highest BCUT2D eigenvalue weighted by atomic mass is 32.1. The normalized spacial score (nSPS) is 14.8. The number of carboxylic acids is 1. The van der Waals surface area contributed by atoms with E-state index in [-0.39, 0.29) is 155 Å². The number of likely N-dealkylation sites (N-methyl/N-ethyl adjacent to an activating group) is 1. The quantitative estimate of drug-likeness (QED) is 0.00822. The van der Waals surface area contributed by atoms with Crippen LogP contribution >= 0.6 is 11.3 Å². The number of unbranched alkanes of at least 4 members (excludes halogenated alkanes) is 1. The molecule has 4 aromatic carbocycles. The molecule has 0 aliphatic carbocycles. The van der Waals surface area contributed by atoms with E-state index in [0.29, 0.717) is 107 Å². The number of thiazole rings is 1. The number of aromatic nitrogens is 1. The number of piperidine rings is 1. The van der Waals surface area contributed by atoms with Crippen molar-refractivity contribution in [3.8, 4) is 24.2 Å². The summed E-state index contributed by atoms with van der Waals surface area (Å²) in [5.74, 6) is 3.18. The minimum atomic E-state index is -1.30. The molecule has 3 heterocycles. The van der Waals surface area contributed by atoms with Crippen molar-refractivity contribution in [3.05, 3.63) is 147 Å². The van der Waals surface area contributed by atoms with Crippen molar-refractivity contribution in [2.45, 2.75) is 227 Å². The van der Waals surface area contributed by atoms with Crippen LogP contribution in [0, 0.1) is 53.3 Å². The number of anilines is 2. The van der Waals surface area contributed by atoms with Crippen LogP contribution in [-0.2, 0) is 102 Å². The Morgan fingerprint density at radius 2 is 1.38 bits per heavy atom. The lowest BCUT2D eigenvalue weighted by molar-refractivity contribution is -0.213. The minimum absolute atomic E-state index is 0.00358. The molecule has 0 radical (unpaired) electrons. The number of benzene rings is 4. The fourth-order valence-electron chi connectivity index (χ4n) is 14.6. The number of nitrogens with zero attached hydrogens (tertiary/aromatic N) is 4. The van der Waals surface area contributed by atoms with Gasteiger partial charge in [0.25, 0.3) is 11.8 Å². The first-order chi connectivity index (χ1) is 60.3. The molecule has 1 aromatic heterocycles. The van der Waals surface area contributed by atoms with Gasteiger partial charge in [0.1, 0.15) is 34.9 Å². The van der Waals surface area contributed by atoms with Gasteiger partial charge in [-0.25, -0.2) is 19.6 Å². The molecule has 1 fully saturated rings. The number of hydrogen-bond acceptors (Lipinski definition) is 22. The van der Waals surface area contributed by atoms with Gasteiger partial charge in [-0.3, -0.25) is 63.0 Å². The first kappa shape index (κ1) is 102. The molecule has 8 atom stereocenters. The van der Waals surface area contributed by atoms with Gasteiger partial charge in [-0.1, -0.05) is 133 Å². The average molecular weight is 1760 g/mol. The smallest absolute Gasteiger partial charge is 0.411 e. The molecule has 0 spiro atoms. The van der Waals surface area contributed by atoms with Gasteiger partial charge in [0.05, 0.1) is 88.6 Å². The third kappa shape index (κ3) is 34.9. The number of hydrogen-bond donors (Lipinski definition) is 7. The fourth-order valence-corrected chi connectivity index (χ4v) is 15.4.